The van der Waals surface area contributed by atoms with Crippen LogP contribution >= 0.6 is 0 Å². The van der Waals surface area contributed by atoms with Crippen molar-refractivity contribution < 1.29 is 81.3 Å². The van der Waals surface area contributed by atoms with Gasteiger partial charge in [-0.05, 0) is 41.5 Å². The molecule has 508 valence electrons. The molecule has 0 saturated carbocycles. The Hall–Kier alpha value is -6.16. The van der Waals surface area contributed by atoms with Crippen molar-refractivity contribution in [2.45, 2.75) is 163 Å². The quantitative estimate of drug-likeness (QED) is 0.109. The van der Waals surface area contributed by atoms with Gasteiger partial charge in [-0.2, -0.15) is 0 Å². The number of hydrogen-bond donors (Lipinski definition) is 0. The van der Waals surface area contributed by atoms with Crippen LogP contribution in [0.3, 0.4) is 0 Å². The Morgan fingerprint density at radius 2 is 0.883 bits per heavy atom. The van der Waals surface area contributed by atoms with E-state index >= 15 is 0 Å². The molecule has 10 rings (SSSR count). The number of benzene rings is 4. The van der Waals surface area contributed by atoms with Crippen molar-refractivity contribution in [3.63, 3.8) is 0 Å². The SMILES string of the molecule is CC(C)(C)OC(=O)n1cc(C[C@@H]2CN3C=[C]([Sn]([CH3])([CH3])[CH3])CC[C@@H]3CN2C(=O)c2cc(C(F)(F)F)cc(C(F)(F)F)c2)c2ccccc21.CC(C)(C)OC(=O)n1cc(C[C@@H]2CN3C[C]([Sn]([CH3])([CH3])[CH3])=CC[C@@H]3CN2C(=O)c2cc(C(F)(F)F)cc(C(F)(F)F)c2)c2ccccc21. The van der Waals surface area contributed by atoms with Gasteiger partial charge in [0.15, 0.2) is 0 Å². The van der Waals surface area contributed by atoms with Gasteiger partial charge >= 0.3 is 508 Å². The van der Waals surface area contributed by atoms with E-state index in [1.807, 2.05) is 24.3 Å². The molecule has 0 N–H and O–H groups in total. The Kier molecular flexibility index (Phi) is 20.2. The summed E-state index contributed by atoms with van der Waals surface area (Å²) in [4.78, 5) is 75.7. The minimum absolute atomic E-state index is 0.0313. The van der Waals surface area contributed by atoms with Crippen LogP contribution in [0.15, 0.2) is 117 Å². The van der Waals surface area contributed by atoms with E-state index < -0.39 is 142 Å². The zero-order chi connectivity index (χ0) is 69.4. The van der Waals surface area contributed by atoms with Gasteiger partial charge in [-0.3, -0.25) is 0 Å². The van der Waals surface area contributed by atoms with E-state index in [0.29, 0.717) is 72.5 Å². The van der Waals surface area contributed by atoms with Crippen molar-refractivity contribution in [1.82, 2.24) is 28.7 Å². The second-order valence-electron chi connectivity index (χ2n) is 28.9. The average Bonchev–Trinajstić information content (AvgIpc) is 1.22. The molecule has 2 amide bonds. The molecule has 2 aromatic heterocycles. The van der Waals surface area contributed by atoms with Crippen LogP contribution in [0.25, 0.3) is 21.8 Å². The zero-order valence-corrected chi connectivity index (χ0v) is 60.1. The van der Waals surface area contributed by atoms with Crippen LogP contribution in [0.1, 0.15) is 115 Å². The molecule has 26 heteroatoms. The Bertz CT molecular complexity index is 3780. The molecule has 2 fully saturated rings. The van der Waals surface area contributed by atoms with E-state index in [-0.39, 0.29) is 50.1 Å². The first-order valence-corrected chi connectivity index (χ1v) is 51.0. The maximum atomic E-state index is 14.1. The first-order valence-electron chi connectivity index (χ1n) is 31.0. The monoisotopic (exact) mass is 1540 g/mol. The number of amides is 2. The summed E-state index contributed by atoms with van der Waals surface area (Å²) in [6.45, 7) is 12.2. The molecule has 0 aliphatic carbocycles. The number of rotatable bonds is 8. The number of halogens is 12. The average molecular weight is 1540 g/mol. The second-order valence-corrected chi connectivity index (χ2v) is 58.2. The van der Waals surface area contributed by atoms with Gasteiger partial charge in [0.1, 0.15) is 0 Å². The number of hydrogen-bond acceptors (Lipinski definition) is 8. The summed E-state index contributed by atoms with van der Waals surface area (Å²) in [5.74, 6) is -1.79. The summed E-state index contributed by atoms with van der Waals surface area (Å²) in [7, 11) is 0. The number of fused-ring (bicyclic) bond motifs is 4. The van der Waals surface area contributed by atoms with Gasteiger partial charge in [0.05, 0.1) is 0 Å². The summed E-state index contributed by atoms with van der Waals surface area (Å²) < 4.78 is 182. The first kappa shape index (κ1) is 72.1. The summed E-state index contributed by atoms with van der Waals surface area (Å²) >= 11 is -4.92. The topological polar surface area (TPSA) is 110 Å². The van der Waals surface area contributed by atoms with E-state index in [1.165, 1.54) is 26.1 Å². The molecule has 4 atom stereocenters. The van der Waals surface area contributed by atoms with Gasteiger partial charge in [0, 0.05) is 0 Å². The number of carbonyl (C=O) groups is 4. The normalized spacial score (nSPS) is 19.6. The van der Waals surface area contributed by atoms with E-state index in [2.05, 4.69) is 51.7 Å². The Morgan fingerprint density at radius 3 is 1.27 bits per heavy atom. The van der Waals surface area contributed by atoms with Crippen LogP contribution in [0.2, 0.25) is 29.6 Å². The van der Waals surface area contributed by atoms with Gasteiger partial charge in [0.25, 0.3) is 0 Å². The number of piperazine rings is 2. The van der Waals surface area contributed by atoms with Crippen molar-refractivity contribution in [1.29, 1.82) is 0 Å². The third kappa shape index (κ3) is 16.8. The standard InChI is InChI=1S/2C31H30F6N3O3.6CH3.2Sn/c2*1-29(2,3)43-28(42)40-16-20(25-9-4-5-10-26(25)40)14-24-17-38-11-7-6-8-23(38)18-39(24)27(41)19-12-21(30(32,33)34)15-22(13-19)31(35,36)37;;;;;;;;/h4-5,9-13,15-16,23-24H,6,8,14,17-18H2,1-3H3;4-6,9-10,12-13,15-16,23-24H,8,11,14,17-18H2,1-3H3;6*1H3;;/t2*23-,24-;;;;;;;;/m11......../s1. The van der Waals surface area contributed by atoms with Gasteiger partial charge in [0.2, 0.25) is 0 Å². The van der Waals surface area contributed by atoms with E-state index in [9.17, 15) is 71.9 Å². The number of carbonyl (C=O) groups excluding carboxylic acids is 4. The molecule has 0 radical (unpaired) electrons. The van der Waals surface area contributed by atoms with Gasteiger partial charge < -0.3 is 0 Å². The van der Waals surface area contributed by atoms with Gasteiger partial charge in [-0.1, -0.05) is 0 Å². The molecule has 0 spiro atoms. The maximum absolute atomic E-state index is 14.1. The number of allylic oxidation sites excluding steroid dienone is 1. The predicted octanol–water partition coefficient (Wildman–Crippen LogP) is 17.2. The number of alkyl halides is 12. The van der Waals surface area contributed by atoms with Crippen molar-refractivity contribution >= 4 is 82.6 Å². The molecular formula is C68H78F12N6O6Sn2. The van der Waals surface area contributed by atoms with Crippen LogP contribution < -0.4 is 0 Å². The molecule has 4 aliphatic heterocycles. The third-order valence-corrected chi connectivity index (χ3v) is 30.5. The Balaban J connectivity index is 0.000000221. The van der Waals surface area contributed by atoms with Crippen LogP contribution in [0.5, 0.6) is 0 Å². The fourth-order valence-corrected chi connectivity index (χ4v) is 20.8. The van der Waals surface area contributed by atoms with Crippen molar-refractivity contribution in [2.24, 2.45) is 0 Å². The molecule has 2 saturated heterocycles. The summed E-state index contributed by atoms with van der Waals surface area (Å²) in [6.07, 6.45) is -11.2. The molecule has 4 aliphatic rings. The fourth-order valence-electron chi connectivity index (χ4n) is 12.7. The van der Waals surface area contributed by atoms with Crippen molar-refractivity contribution in [3.8, 4) is 0 Å². The van der Waals surface area contributed by atoms with E-state index in [0.717, 1.165) is 23.6 Å². The Morgan fingerprint density at radius 1 is 0.500 bits per heavy atom. The van der Waals surface area contributed by atoms with Crippen molar-refractivity contribution in [3.05, 3.63) is 161 Å². The molecule has 4 aromatic carbocycles. The first-order chi connectivity index (χ1) is 43.2. The minimum atomic E-state index is -5.08. The predicted molar refractivity (Wildman–Crippen MR) is 340 cm³/mol. The molecule has 12 nitrogen and oxygen atoms in total. The fraction of sp³-hybridized carbons (Fsp3) is 0.471. The van der Waals surface area contributed by atoms with Gasteiger partial charge in [-0.15, -0.1) is 0 Å². The van der Waals surface area contributed by atoms with Crippen LogP contribution in [-0.2, 0) is 47.0 Å². The molecule has 6 heterocycles. The second kappa shape index (κ2) is 26.3. The van der Waals surface area contributed by atoms with E-state index in [4.69, 9.17) is 9.47 Å². The van der Waals surface area contributed by atoms with Crippen LogP contribution in [-0.4, -0.2) is 158 Å². The number of aromatic nitrogens is 2. The zero-order valence-electron chi connectivity index (χ0n) is 54.4. The third-order valence-electron chi connectivity index (χ3n) is 17.4. The Labute approximate surface area is 546 Å². The molecule has 0 unspecified atom stereocenters. The number of para-hydroxylation sites is 2. The number of nitrogens with zero attached hydrogens (tertiary/aromatic N) is 6. The number of ether oxygens (including phenoxy) is 2. The summed E-state index contributed by atoms with van der Waals surface area (Å²) in [5, 5.41) is 1.46. The van der Waals surface area contributed by atoms with Gasteiger partial charge in [-0.25, -0.2) is 0 Å². The van der Waals surface area contributed by atoms with Crippen LogP contribution in [0.4, 0.5) is 62.3 Å². The molecule has 6 aromatic rings. The molecule has 0 bridgehead atoms. The van der Waals surface area contributed by atoms with E-state index in [1.54, 1.807) is 78.2 Å². The van der Waals surface area contributed by atoms with Crippen LogP contribution in [0, 0.1) is 0 Å². The summed E-state index contributed by atoms with van der Waals surface area (Å²) in [6, 6.07) is 14.9. The molecule has 94 heavy (non-hydrogen) atoms. The summed E-state index contributed by atoms with van der Waals surface area (Å²) in [5.41, 5.74) is -6.42. The van der Waals surface area contributed by atoms with Crippen molar-refractivity contribution in [2.75, 3.05) is 32.7 Å². The molecular weight excluding hydrogens is 1460 g/mol.